The standard InChI is InChI=1S/C12H17N5O4/c1-6(2)17-9-8(10(20)15-12(17)21)16(3)11(14-9)13-5-4-7(18)19/h6H,4-5H2,1-3H3,(H,13,14)(H,18,19)(H,15,20,21). The number of aryl methyl sites for hydroxylation is 1. The van der Waals surface area contributed by atoms with Crippen molar-refractivity contribution in [3.8, 4) is 0 Å². The Morgan fingerprint density at radius 3 is 2.67 bits per heavy atom. The maximum absolute atomic E-state index is 11.9. The number of aromatic nitrogens is 4. The summed E-state index contributed by atoms with van der Waals surface area (Å²) in [5.74, 6) is -0.588. The van der Waals surface area contributed by atoms with Crippen molar-refractivity contribution >= 4 is 23.1 Å². The summed E-state index contributed by atoms with van der Waals surface area (Å²) in [5, 5.41) is 11.5. The molecule has 0 atom stereocenters. The predicted molar refractivity (Wildman–Crippen MR) is 76.7 cm³/mol. The van der Waals surface area contributed by atoms with Gasteiger partial charge in [-0.05, 0) is 13.8 Å². The number of anilines is 1. The second-order valence-electron chi connectivity index (χ2n) is 4.96. The van der Waals surface area contributed by atoms with Crippen LogP contribution >= 0.6 is 0 Å². The molecule has 9 heteroatoms. The van der Waals surface area contributed by atoms with Gasteiger partial charge in [-0.1, -0.05) is 0 Å². The molecule has 0 unspecified atom stereocenters. The minimum Gasteiger partial charge on any atom is -0.481 e. The molecule has 0 spiro atoms. The zero-order valence-electron chi connectivity index (χ0n) is 12.0. The molecular formula is C12H17N5O4. The van der Waals surface area contributed by atoms with Crippen LogP contribution in [0.3, 0.4) is 0 Å². The van der Waals surface area contributed by atoms with Crippen LogP contribution in [0.25, 0.3) is 11.2 Å². The van der Waals surface area contributed by atoms with Crippen molar-refractivity contribution in [3.05, 3.63) is 20.8 Å². The number of imidazole rings is 1. The molecule has 0 radical (unpaired) electrons. The lowest BCUT2D eigenvalue weighted by Crippen LogP contribution is -2.31. The van der Waals surface area contributed by atoms with Gasteiger partial charge in [0.25, 0.3) is 5.56 Å². The summed E-state index contributed by atoms with van der Waals surface area (Å²) in [5.41, 5.74) is -0.494. The molecule has 3 N–H and O–H groups in total. The first-order chi connectivity index (χ1) is 9.82. The monoisotopic (exact) mass is 295 g/mol. The third-order valence-electron chi connectivity index (χ3n) is 3.10. The number of aromatic amines is 1. The van der Waals surface area contributed by atoms with E-state index in [9.17, 15) is 14.4 Å². The molecule has 0 aliphatic heterocycles. The summed E-state index contributed by atoms with van der Waals surface area (Å²) < 4.78 is 2.90. The largest absolute Gasteiger partial charge is 0.481 e. The Hall–Kier alpha value is -2.58. The van der Waals surface area contributed by atoms with Crippen molar-refractivity contribution in [2.24, 2.45) is 7.05 Å². The highest BCUT2D eigenvalue weighted by Gasteiger charge is 2.17. The van der Waals surface area contributed by atoms with Gasteiger partial charge in [0.05, 0.1) is 6.42 Å². The number of nitrogens with zero attached hydrogens (tertiary/aromatic N) is 3. The third kappa shape index (κ3) is 2.67. The van der Waals surface area contributed by atoms with E-state index in [2.05, 4.69) is 15.3 Å². The summed E-state index contributed by atoms with van der Waals surface area (Å²) in [6.07, 6.45) is -0.0729. The smallest absolute Gasteiger partial charge is 0.330 e. The maximum atomic E-state index is 11.9. The number of hydrogen-bond acceptors (Lipinski definition) is 5. The van der Waals surface area contributed by atoms with Gasteiger partial charge in [-0.25, -0.2) is 4.79 Å². The van der Waals surface area contributed by atoms with E-state index in [0.717, 1.165) is 0 Å². The molecule has 9 nitrogen and oxygen atoms in total. The van der Waals surface area contributed by atoms with Crippen LogP contribution in [0.15, 0.2) is 9.59 Å². The van der Waals surface area contributed by atoms with E-state index in [-0.39, 0.29) is 30.2 Å². The average molecular weight is 295 g/mol. The van der Waals surface area contributed by atoms with E-state index in [1.807, 2.05) is 13.8 Å². The molecule has 114 valence electrons. The first kappa shape index (κ1) is 14.8. The first-order valence-electron chi connectivity index (χ1n) is 6.49. The number of H-pyrrole nitrogens is 1. The Balaban J connectivity index is 2.56. The van der Waals surface area contributed by atoms with Crippen molar-refractivity contribution in [2.75, 3.05) is 11.9 Å². The molecule has 2 heterocycles. The summed E-state index contributed by atoms with van der Waals surface area (Å²) in [6.45, 7) is 3.80. The number of carboxylic acids is 1. The first-order valence-corrected chi connectivity index (χ1v) is 6.49. The van der Waals surface area contributed by atoms with E-state index < -0.39 is 17.2 Å². The molecule has 2 rings (SSSR count). The quantitative estimate of drug-likeness (QED) is 0.707. The van der Waals surface area contributed by atoms with Crippen molar-refractivity contribution in [1.29, 1.82) is 0 Å². The van der Waals surface area contributed by atoms with E-state index >= 15 is 0 Å². The highest BCUT2D eigenvalue weighted by molar-refractivity contribution is 5.74. The number of aliphatic carboxylic acids is 1. The van der Waals surface area contributed by atoms with Crippen LogP contribution in [0.4, 0.5) is 5.95 Å². The fraction of sp³-hybridized carbons (Fsp3) is 0.500. The number of hydrogen-bond donors (Lipinski definition) is 3. The van der Waals surface area contributed by atoms with Crippen LogP contribution in [0.5, 0.6) is 0 Å². The maximum Gasteiger partial charge on any atom is 0.330 e. The Morgan fingerprint density at radius 1 is 1.43 bits per heavy atom. The lowest BCUT2D eigenvalue weighted by atomic mass is 10.4. The predicted octanol–water partition coefficient (Wildman–Crippen LogP) is -0.109. The van der Waals surface area contributed by atoms with E-state index in [4.69, 9.17) is 5.11 Å². The van der Waals surface area contributed by atoms with Gasteiger partial charge in [0.15, 0.2) is 11.2 Å². The van der Waals surface area contributed by atoms with Gasteiger partial charge in [-0.15, -0.1) is 0 Å². The topological polar surface area (TPSA) is 122 Å². The highest BCUT2D eigenvalue weighted by atomic mass is 16.4. The van der Waals surface area contributed by atoms with E-state index in [0.29, 0.717) is 5.95 Å². The van der Waals surface area contributed by atoms with Crippen molar-refractivity contribution in [3.63, 3.8) is 0 Å². The summed E-state index contributed by atoms with van der Waals surface area (Å²) >= 11 is 0. The van der Waals surface area contributed by atoms with Gasteiger partial charge in [0, 0.05) is 19.6 Å². The van der Waals surface area contributed by atoms with Crippen LogP contribution < -0.4 is 16.6 Å². The van der Waals surface area contributed by atoms with Crippen molar-refractivity contribution in [2.45, 2.75) is 26.3 Å². The molecule has 0 aliphatic rings. The second kappa shape index (κ2) is 5.43. The Labute approximate surface area is 119 Å². The fourth-order valence-corrected chi connectivity index (χ4v) is 2.14. The van der Waals surface area contributed by atoms with E-state index in [1.165, 1.54) is 9.13 Å². The summed E-state index contributed by atoms with van der Waals surface area (Å²) in [7, 11) is 1.63. The Bertz CT molecular complexity index is 798. The van der Waals surface area contributed by atoms with Crippen LogP contribution in [0.1, 0.15) is 26.3 Å². The summed E-state index contributed by atoms with van der Waals surface area (Å²) in [4.78, 5) is 40.9. The van der Waals surface area contributed by atoms with Gasteiger partial charge in [0.1, 0.15) is 0 Å². The number of carboxylic acid groups (broad SMARTS) is 1. The number of rotatable bonds is 5. The Kier molecular flexibility index (Phi) is 3.83. The van der Waals surface area contributed by atoms with Gasteiger partial charge in [-0.3, -0.25) is 19.1 Å². The van der Waals surface area contributed by atoms with Gasteiger partial charge in [-0.2, -0.15) is 4.98 Å². The average Bonchev–Trinajstić information content (AvgIpc) is 2.66. The number of carbonyl (C=O) groups is 1. The zero-order chi connectivity index (χ0) is 15.7. The lowest BCUT2D eigenvalue weighted by Gasteiger charge is -2.08. The molecule has 0 saturated carbocycles. The zero-order valence-corrected chi connectivity index (χ0v) is 12.0. The molecule has 0 aliphatic carbocycles. The van der Waals surface area contributed by atoms with Gasteiger partial charge >= 0.3 is 11.7 Å². The molecule has 21 heavy (non-hydrogen) atoms. The van der Waals surface area contributed by atoms with Crippen LogP contribution in [-0.4, -0.2) is 36.7 Å². The minimum absolute atomic E-state index is 0.0729. The molecule has 0 fully saturated rings. The van der Waals surface area contributed by atoms with Crippen LogP contribution in [0.2, 0.25) is 0 Å². The third-order valence-corrected chi connectivity index (χ3v) is 3.10. The molecule has 0 bridgehead atoms. The van der Waals surface area contributed by atoms with Crippen LogP contribution in [-0.2, 0) is 11.8 Å². The molecule has 0 saturated heterocycles. The minimum atomic E-state index is -0.932. The van der Waals surface area contributed by atoms with Crippen LogP contribution in [0, 0.1) is 0 Å². The fourth-order valence-electron chi connectivity index (χ4n) is 2.14. The van der Waals surface area contributed by atoms with Gasteiger partial charge in [0.2, 0.25) is 5.95 Å². The summed E-state index contributed by atoms with van der Waals surface area (Å²) in [6, 6.07) is -0.168. The number of fused-ring (bicyclic) bond motifs is 1. The Morgan fingerprint density at radius 2 is 2.10 bits per heavy atom. The lowest BCUT2D eigenvalue weighted by molar-refractivity contribution is -0.136. The van der Waals surface area contributed by atoms with E-state index in [1.54, 1.807) is 7.05 Å². The molecule has 0 aromatic carbocycles. The second-order valence-corrected chi connectivity index (χ2v) is 4.96. The normalized spacial score (nSPS) is 11.2. The molecule has 2 aromatic heterocycles. The SMILES string of the molecule is CC(C)n1c(=O)[nH]c(=O)c2c1nc(NCCC(=O)O)n2C. The van der Waals surface area contributed by atoms with Crippen molar-refractivity contribution < 1.29 is 9.90 Å². The molecule has 0 amide bonds. The number of nitrogens with one attached hydrogen (secondary N) is 2. The highest BCUT2D eigenvalue weighted by Crippen LogP contribution is 2.16. The van der Waals surface area contributed by atoms with Crippen molar-refractivity contribution in [1.82, 2.24) is 19.1 Å². The molecular weight excluding hydrogens is 278 g/mol. The van der Waals surface area contributed by atoms with Gasteiger partial charge < -0.3 is 15.0 Å². The molecule has 2 aromatic rings.